The molecule has 2 aromatic carbocycles. The lowest BCUT2D eigenvalue weighted by atomic mass is 9.96. The van der Waals surface area contributed by atoms with Crippen LogP contribution in [0.5, 0.6) is 11.5 Å². The predicted octanol–water partition coefficient (Wildman–Crippen LogP) is 3.64. The Morgan fingerprint density at radius 2 is 1.74 bits per heavy atom. The van der Waals surface area contributed by atoms with Crippen molar-refractivity contribution >= 4 is 27.5 Å². The van der Waals surface area contributed by atoms with Crippen molar-refractivity contribution in [2.45, 2.75) is 30.7 Å². The zero-order valence-corrected chi connectivity index (χ0v) is 19.4. The van der Waals surface area contributed by atoms with Gasteiger partial charge in [-0.1, -0.05) is 23.7 Å². The van der Waals surface area contributed by atoms with Crippen LogP contribution in [0.25, 0.3) is 0 Å². The first-order valence-electron chi connectivity index (χ1n) is 10.0. The number of amides is 1. The van der Waals surface area contributed by atoms with E-state index in [2.05, 4.69) is 5.32 Å². The standard InChI is InChI=1S/C22H27ClN2O5S/c1-15(16-4-7-19(29-2)8-5-16)24-22(26)17-10-12-25(13-11-17)31(27,28)21-14-18(23)6-9-20(21)30-3/h4-9,14-15,17H,10-13H2,1-3H3,(H,24,26)/t15-/m1/s1. The van der Waals surface area contributed by atoms with E-state index < -0.39 is 10.0 Å². The predicted molar refractivity (Wildman–Crippen MR) is 119 cm³/mol. The summed E-state index contributed by atoms with van der Waals surface area (Å²) >= 11 is 6.00. The normalized spacial score (nSPS) is 16.5. The molecule has 168 valence electrons. The minimum absolute atomic E-state index is 0.0403. The molecule has 0 saturated carbocycles. The molecule has 3 rings (SSSR count). The topological polar surface area (TPSA) is 84.9 Å². The Hall–Kier alpha value is -2.29. The number of hydrogen-bond donors (Lipinski definition) is 1. The maximum absolute atomic E-state index is 13.1. The zero-order chi connectivity index (χ0) is 22.6. The van der Waals surface area contributed by atoms with Gasteiger partial charge in [-0.25, -0.2) is 8.42 Å². The molecule has 9 heteroatoms. The van der Waals surface area contributed by atoms with E-state index in [1.807, 2.05) is 31.2 Å². The number of hydrogen-bond acceptors (Lipinski definition) is 5. The van der Waals surface area contributed by atoms with Crippen LogP contribution in [-0.4, -0.2) is 45.9 Å². The average molecular weight is 467 g/mol. The number of carbonyl (C=O) groups is 1. The van der Waals surface area contributed by atoms with E-state index in [0.29, 0.717) is 17.9 Å². The lowest BCUT2D eigenvalue weighted by Gasteiger charge is -2.31. The molecule has 1 atom stereocenters. The van der Waals surface area contributed by atoms with Gasteiger partial charge in [-0.05, 0) is 55.7 Å². The van der Waals surface area contributed by atoms with E-state index >= 15 is 0 Å². The van der Waals surface area contributed by atoms with E-state index in [0.717, 1.165) is 11.3 Å². The number of rotatable bonds is 7. The highest BCUT2D eigenvalue weighted by molar-refractivity contribution is 7.89. The largest absolute Gasteiger partial charge is 0.497 e. The Labute approximate surface area is 188 Å². The molecule has 7 nitrogen and oxygen atoms in total. The Balaban J connectivity index is 1.62. The summed E-state index contributed by atoms with van der Waals surface area (Å²) in [4.78, 5) is 12.8. The number of methoxy groups -OCH3 is 2. The number of nitrogens with zero attached hydrogens (tertiary/aromatic N) is 1. The molecular weight excluding hydrogens is 440 g/mol. The first kappa shape index (κ1) is 23.4. The van der Waals surface area contributed by atoms with E-state index in [9.17, 15) is 13.2 Å². The molecule has 31 heavy (non-hydrogen) atoms. The van der Waals surface area contributed by atoms with Crippen LogP contribution in [-0.2, 0) is 14.8 Å². The van der Waals surface area contributed by atoms with Crippen molar-refractivity contribution in [3.05, 3.63) is 53.1 Å². The van der Waals surface area contributed by atoms with Gasteiger partial charge in [-0.2, -0.15) is 4.31 Å². The van der Waals surface area contributed by atoms with Gasteiger partial charge in [0.2, 0.25) is 15.9 Å². The molecule has 0 aromatic heterocycles. The summed E-state index contributed by atoms with van der Waals surface area (Å²) < 4.78 is 37.9. The molecule has 1 saturated heterocycles. The Kier molecular flexibility index (Phi) is 7.46. The van der Waals surface area contributed by atoms with Crippen LogP contribution in [0, 0.1) is 5.92 Å². The van der Waals surface area contributed by atoms with Crippen LogP contribution in [0.2, 0.25) is 5.02 Å². The number of nitrogens with one attached hydrogen (secondary N) is 1. The van der Waals surface area contributed by atoms with E-state index in [4.69, 9.17) is 21.1 Å². The monoisotopic (exact) mass is 466 g/mol. The van der Waals surface area contributed by atoms with E-state index in [1.54, 1.807) is 13.2 Å². The SMILES string of the molecule is COc1ccc([C@@H](C)NC(=O)C2CCN(S(=O)(=O)c3cc(Cl)ccc3OC)CC2)cc1. The van der Waals surface area contributed by atoms with Gasteiger partial charge < -0.3 is 14.8 Å². The molecule has 0 unspecified atom stereocenters. The fraction of sp³-hybridized carbons (Fsp3) is 0.409. The van der Waals surface area contributed by atoms with Crippen LogP contribution >= 0.6 is 11.6 Å². The van der Waals surface area contributed by atoms with Gasteiger partial charge in [-0.15, -0.1) is 0 Å². The summed E-state index contributed by atoms with van der Waals surface area (Å²) in [6.45, 7) is 2.44. The zero-order valence-electron chi connectivity index (χ0n) is 17.8. The Morgan fingerprint density at radius 1 is 1.10 bits per heavy atom. The van der Waals surface area contributed by atoms with Crippen LogP contribution in [0.15, 0.2) is 47.4 Å². The molecule has 1 amide bonds. The molecule has 2 aromatic rings. The minimum atomic E-state index is -3.77. The number of ether oxygens (including phenoxy) is 2. The Morgan fingerprint density at radius 3 is 2.32 bits per heavy atom. The molecule has 0 bridgehead atoms. The highest BCUT2D eigenvalue weighted by atomic mass is 35.5. The average Bonchev–Trinajstić information content (AvgIpc) is 2.79. The van der Waals surface area contributed by atoms with E-state index in [1.165, 1.54) is 23.5 Å². The second-order valence-corrected chi connectivity index (χ2v) is 9.82. The molecule has 1 aliphatic heterocycles. The molecular formula is C22H27ClN2O5S. The number of sulfonamides is 1. The third-order valence-electron chi connectivity index (χ3n) is 5.54. The first-order valence-corrected chi connectivity index (χ1v) is 11.9. The summed E-state index contributed by atoms with van der Waals surface area (Å²) in [5.74, 6) is 0.693. The fourth-order valence-electron chi connectivity index (χ4n) is 3.66. The second kappa shape index (κ2) is 9.89. The highest BCUT2D eigenvalue weighted by Gasteiger charge is 2.34. The van der Waals surface area contributed by atoms with Crippen LogP contribution in [0.3, 0.4) is 0 Å². The fourth-order valence-corrected chi connectivity index (χ4v) is 5.54. The molecule has 0 aliphatic carbocycles. The maximum atomic E-state index is 13.1. The molecule has 1 heterocycles. The lowest BCUT2D eigenvalue weighted by Crippen LogP contribution is -2.43. The third-order valence-corrected chi connectivity index (χ3v) is 7.70. The quantitative estimate of drug-likeness (QED) is 0.673. The second-order valence-electron chi connectivity index (χ2n) is 7.48. The van der Waals surface area contributed by atoms with Crippen LogP contribution in [0.4, 0.5) is 0 Å². The number of piperidine rings is 1. The van der Waals surface area contributed by atoms with E-state index in [-0.39, 0.29) is 41.6 Å². The van der Waals surface area contributed by atoms with Gasteiger partial charge in [-0.3, -0.25) is 4.79 Å². The molecule has 0 radical (unpaired) electrons. The van der Waals surface area contributed by atoms with Gasteiger partial charge >= 0.3 is 0 Å². The van der Waals surface area contributed by atoms with Gasteiger partial charge in [0.25, 0.3) is 0 Å². The first-order chi connectivity index (χ1) is 14.8. The summed E-state index contributed by atoms with van der Waals surface area (Å²) in [7, 11) is -0.743. The van der Waals surface area contributed by atoms with Crippen LogP contribution in [0.1, 0.15) is 31.4 Å². The maximum Gasteiger partial charge on any atom is 0.246 e. The van der Waals surface area contributed by atoms with Crippen molar-refractivity contribution < 1.29 is 22.7 Å². The van der Waals surface area contributed by atoms with Crippen molar-refractivity contribution in [1.29, 1.82) is 0 Å². The summed E-state index contributed by atoms with van der Waals surface area (Å²) in [5.41, 5.74) is 0.974. The number of benzene rings is 2. The highest BCUT2D eigenvalue weighted by Crippen LogP contribution is 2.32. The van der Waals surface area contributed by atoms with Crippen molar-refractivity contribution in [2.24, 2.45) is 5.92 Å². The molecule has 1 N–H and O–H groups in total. The Bertz CT molecular complexity index is 1020. The smallest absolute Gasteiger partial charge is 0.246 e. The number of carbonyl (C=O) groups excluding carboxylic acids is 1. The van der Waals surface area contributed by atoms with Gasteiger partial charge in [0, 0.05) is 24.0 Å². The van der Waals surface area contributed by atoms with Crippen molar-refractivity contribution in [2.75, 3.05) is 27.3 Å². The molecule has 1 fully saturated rings. The molecule has 0 spiro atoms. The van der Waals surface area contributed by atoms with Gasteiger partial charge in [0.05, 0.1) is 20.3 Å². The lowest BCUT2D eigenvalue weighted by molar-refractivity contribution is -0.126. The van der Waals surface area contributed by atoms with Gasteiger partial charge in [0.1, 0.15) is 16.4 Å². The molecule has 1 aliphatic rings. The summed E-state index contributed by atoms with van der Waals surface area (Å²) in [5, 5.41) is 3.35. The van der Waals surface area contributed by atoms with Crippen molar-refractivity contribution in [3.63, 3.8) is 0 Å². The third kappa shape index (κ3) is 5.31. The van der Waals surface area contributed by atoms with Crippen molar-refractivity contribution in [1.82, 2.24) is 9.62 Å². The number of halogens is 1. The minimum Gasteiger partial charge on any atom is -0.497 e. The van der Waals surface area contributed by atoms with Gasteiger partial charge in [0.15, 0.2) is 0 Å². The summed E-state index contributed by atoms with van der Waals surface area (Å²) in [6, 6.07) is 11.9. The van der Waals surface area contributed by atoms with Crippen molar-refractivity contribution in [3.8, 4) is 11.5 Å². The van der Waals surface area contributed by atoms with Crippen LogP contribution < -0.4 is 14.8 Å². The summed E-state index contributed by atoms with van der Waals surface area (Å²) in [6.07, 6.45) is 0.895.